The lowest BCUT2D eigenvalue weighted by atomic mass is 9.70. The number of carbonyl (C=O) groups excluding carboxylic acids is 2. The van der Waals surface area contributed by atoms with Gasteiger partial charge in [-0.1, -0.05) is 0 Å². The van der Waals surface area contributed by atoms with Crippen LogP contribution in [0.15, 0.2) is 0 Å². The maximum absolute atomic E-state index is 11.7. The lowest BCUT2D eigenvalue weighted by Gasteiger charge is -2.41. The van der Waals surface area contributed by atoms with E-state index < -0.39 is 0 Å². The molecule has 3 atom stereocenters. The smallest absolute Gasteiger partial charge is 0.230 e. The van der Waals surface area contributed by atoms with Crippen LogP contribution in [0, 0.1) is 18.3 Å². The fourth-order valence-corrected chi connectivity index (χ4v) is 2.58. The van der Waals surface area contributed by atoms with Gasteiger partial charge >= 0.3 is 0 Å². The molecule has 5 nitrogen and oxygen atoms in total. The van der Waals surface area contributed by atoms with Gasteiger partial charge in [0.05, 0.1) is 6.10 Å². The molecule has 2 fully saturated rings. The highest BCUT2D eigenvalue weighted by atomic mass is 16.5. The van der Waals surface area contributed by atoms with Gasteiger partial charge in [-0.05, 0) is 45.2 Å². The zero-order chi connectivity index (χ0) is 13.0. The standard InChI is InChI=1S/C13H21N2O3/c1-14-7-2-8-18-11-5-3-9(11)10-4-6-12(16)15-13(10)17/h5,9-11,14H,2-4,6-8H2,1H3,(H,15,16,17). The Morgan fingerprint density at radius 2 is 2.33 bits per heavy atom. The Kier molecular flexibility index (Phi) is 4.72. The van der Waals surface area contributed by atoms with E-state index in [1.165, 1.54) is 0 Å². The van der Waals surface area contributed by atoms with Crippen LogP contribution in [0.5, 0.6) is 0 Å². The number of piperidine rings is 1. The first kappa shape index (κ1) is 13.5. The van der Waals surface area contributed by atoms with E-state index in [1.54, 1.807) is 0 Å². The quantitative estimate of drug-likeness (QED) is 0.526. The molecule has 2 rings (SSSR count). The Balaban J connectivity index is 1.75. The van der Waals surface area contributed by atoms with E-state index in [-0.39, 0.29) is 29.8 Å². The van der Waals surface area contributed by atoms with Crippen LogP contribution < -0.4 is 10.6 Å². The summed E-state index contributed by atoms with van der Waals surface area (Å²) in [5, 5.41) is 5.49. The third-order valence-corrected chi connectivity index (χ3v) is 3.74. The van der Waals surface area contributed by atoms with E-state index in [9.17, 15) is 9.59 Å². The summed E-state index contributed by atoms with van der Waals surface area (Å²) in [5.41, 5.74) is 0. The largest absolute Gasteiger partial charge is 0.378 e. The van der Waals surface area contributed by atoms with Crippen molar-refractivity contribution in [3.63, 3.8) is 0 Å². The van der Waals surface area contributed by atoms with Crippen LogP contribution in [-0.2, 0) is 14.3 Å². The zero-order valence-electron chi connectivity index (χ0n) is 10.8. The van der Waals surface area contributed by atoms with Crippen LogP contribution in [-0.4, -0.2) is 38.1 Å². The van der Waals surface area contributed by atoms with Gasteiger partial charge in [-0.3, -0.25) is 14.9 Å². The van der Waals surface area contributed by atoms with E-state index in [0.717, 1.165) is 19.4 Å². The number of imide groups is 1. The first-order chi connectivity index (χ1) is 8.72. The molecular weight excluding hydrogens is 232 g/mol. The molecule has 2 N–H and O–H groups in total. The summed E-state index contributed by atoms with van der Waals surface area (Å²) in [7, 11) is 1.92. The fourth-order valence-electron chi connectivity index (χ4n) is 2.58. The molecule has 1 saturated heterocycles. The summed E-state index contributed by atoms with van der Waals surface area (Å²) >= 11 is 0. The van der Waals surface area contributed by atoms with Crippen molar-refractivity contribution in [1.82, 2.24) is 10.6 Å². The predicted molar refractivity (Wildman–Crippen MR) is 66.6 cm³/mol. The molecule has 2 aliphatic rings. The number of rotatable bonds is 6. The maximum atomic E-state index is 11.7. The van der Waals surface area contributed by atoms with E-state index in [2.05, 4.69) is 17.1 Å². The lowest BCUT2D eigenvalue weighted by Crippen LogP contribution is -2.50. The van der Waals surface area contributed by atoms with E-state index in [0.29, 0.717) is 19.4 Å². The monoisotopic (exact) mass is 253 g/mol. The van der Waals surface area contributed by atoms with Crippen molar-refractivity contribution in [3.8, 4) is 0 Å². The highest BCUT2D eigenvalue weighted by molar-refractivity contribution is 5.98. The highest BCUT2D eigenvalue weighted by Gasteiger charge is 2.43. The number of ether oxygens (including phenoxy) is 1. The highest BCUT2D eigenvalue weighted by Crippen LogP contribution is 2.38. The number of hydrogen-bond donors (Lipinski definition) is 2. The molecule has 101 valence electrons. The summed E-state index contributed by atoms with van der Waals surface area (Å²) in [5.74, 6) is -0.0612. The van der Waals surface area contributed by atoms with Crippen LogP contribution in [0.3, 0.4) is 0 Å². The molecule has 1 aliphatic heterocycles. The molecule has 3 unspecified atom stereocenters. The van der Waals surface area contributed by atoms with Gasteiger partial charge in [-0.2, -0.15) is 0 Å². The average molecular weight is 253 g/mol. The Morgan fingerprint density at radius 3 is 2.94 bits per heavy atom. The Morgan fingerprint density at radius 1 is 1.50 bits per heavy atom. The summed E-state index contributed by atoms with van der Waals surface area (Å²) in [4.78, 5) is 22.8. The average Bonchev–Trinajstić information content (AvgIpc) is 2.31. The van der Waals surface area contributed by atoms with Gasteiger partial charge in [0.2, 0.25) is 11.8 Å². The van der Waals surface area contributed by atoms with Gasteiger partial charge in [0, 0.05) is 18.9 Å². The molecule has 1 saturated carbocycles. The first-order valence-electron chi connectivity index (χ1n) is 6.65. The number of carbonyl (C=O) groups is 2. The summed E-state index contributed by atoms with van der Waals surface area (Å²) in [6.07, 6.45) is 5.23. The topological polar surface area (TPSA) is 67.4 Å². The maximum Gasteiger partial charge on any atom is 0.230 e. The van der Waals surface area contributed by atoms with Crippen LogP contribution in [0.2, 0.25) is 0 Å². The molecule has 0 bridgehead atoms. The second-order valence-electron chi connectivity index (χ2n) is 4.99. The lowest BCUT2D eigenvalue weighted by molar-refractivity contribution is -0.141. The van der Waals surface area contributed by atoms with Crippen molar-refractivity contribution < 1.29 is 14.3 Å². The molecule has 18 heavy (non-hydrogen) atoms. The van der Waals surface area contributed by atoms with Gasteiger partial charge in [0.25, 0.3) is 0 Å². The summed E-state index contributed by atoms with van der Waals surface area (Å²) < 4.78 is 5.76. The number of nitrogens with one attached hydrogen (secondary N) is 2. The van der Waals surface area contributed by atoms with E-state index in [1.807, 2.05) is 7.05 Å². The third-order valence-electron chi connectivity index (χ3n) is 3.74. The van der Waals surface area contributed by atoms with Crippen molar-refractivity contribution in [2.75, 3.05) is 20.2 Å². The normalized spacial score (nSPS) is 31.9. The van der Waals surface area contributed by atoms with E-state index >= 15 is 0 Å². The first-order valence-corrected chi connectivity index (χ1v) is 6.65. The molecule has 0 spiro atoms. The molecular formula is C13H21N2O3. The van der Waals surface area contributed by atoms with Crippen molar-refractivity contribution in [2.24, 2.45) is 11.8 Å². The minimum absolute atomic E-state index is 0.0537. The third kappa shape index (κ3) is 3.09. The van der Waals surface area contributed by atoms with Gasteiger partial charge in [0.15, 0.2) is 0 Å². The molecule has 2 amide bonds. The van der Waals surface area contributed by atoms with Crippen molar-refractivity contribution in [3.05, 3.63) is 6.42 Å². The van der Waals surface area contributed by atoms with E-state index in [4.69, 9.17) is 4.74 Å². The molecule has 1 radical (unpaired) electrons. The number of amides is 2. The van der Waals surface area contributed by atoms with Crippen LogP contribution >= 0.6 is 0 Å². The van der Waals surface area contributed by atoms with Crippen molar-refractivity contribution >= 4 is 11.8 Å². The summed E-state index contributed by atoms with van der Waals surface area (Å²) in [6, 6.07) is 0. The molecule has 5 heteroatoms. The summed E-state index contributed by atoms with van der Waals surface area (Å²) in [6.45, 7) is 1.65. The van der Waals surface area contributed by atoms with Gasteiger partial charge in [0.1, 0.15) is 0 Å². The van der Waals surface area contributed by atoms with Crippen molar-refractivity contribution in [1.29, 1.82) is 0 Å². The number of hydrogen-bond acceptors (Lipinski definition) is 4. The van der Waals surface area contributed by atoms with Crippen LogP contribution in [0.25, 0.3) is 0 Å². The minimum atomic E-state index is -0.147. The van der Waals surface area contributed by atoms with Gasteiger partial charge in [-0.15, -0.1) is 0 Å². The zero-order valence-corrected chi connectivity index (χ0v) is 10.8. The molecule has 1 aliphatic carbocycles. The molecule has 0 aromatic rings. The molecule has 0 aromatic heterocycles. The van der Waals surface area contributed by atoms with Gasteiger partial charge in [-0.25, -0.2) is 0 Å². The van der Waals surface area contributed by atoms with Crippen LogP contribution in [0.1, 0.15) is 25.7 Å². The van der Waals surface area contributed by atoms with Crippen LogP contribution in [0.4, 0.5) is 0 Å². The fraction of sp³-hybridized carbons (Fsp3) is 0.769. The second-order valence-corrected chi connectivity index (χ2v) is 4.99. The Labute approximate surface area is 108 Å². The molecule has 1 heterocycles. The van der Waals surface area contributed by atoms with Gasteiger partial charge < -0.3 is 10.1 Å². The SMILES string of the molecule is CNCCCOC1[CH]CC1C1CCC(=O)NC1=O. The Hall–Kier alpha value is -0.940. The minimum Gasteiger partial charge on any atom is -0.378 e. The molecule has 0 aromatic carbocycles. The van der Waals surface area contributed by atoms with Crippen molar-refractivity contribution in [2.45, 2.75) is 31.8 Å². The second kappa shape index (κ2) is 6.29. The Bertz CT molecular complexity index is 319. The predicted octanol–water partition coefficient (Wildman–Crippen LogP) is 0.258.